The molecule has 1 rings (SSSR count). The zero-order valence-corrected chi connectivity index (χ0v) is 13.5. The van der Waals surface area contributed by atoms with Gasteiger partial charge in [0, 0.05) is 25.7 Å². The van der Waals surface area contributed by atoms with Crippen LogP contribution in [0.15, 0.2) is 12.1 Å². The van der Waals surface area contributed by atoms with Crippen LogP contribution in [0.5, 0.6) is 17.2 Å². The van der Waals surface area contributed by atoms with Crippen molar-refractivity contribution in [3.05, 3.63) is 17.7 Å². The van der Waals surface area contributed by atoms with E-state index in [1.165, 1.54) is 27.4 Å². The third-order valence-electron chi connectivity index (χ3n) is 3.07. The average Bonchev–Trinajstić information content (AvgIpc) is 2.56. The van der Waals surface area contributed by atoms with E-state index >= 15 is 0 Å². The number of benzene rings is 1. The number of ether oxygens (including phenoxy) is 4. The predicted molar refractivity (Wildman–Crippen MR) is 78.6 cm³/mol. The fourth-order valence-corrected chi connectivity index (χ4v) is 1.66. The molecule has 0 aliphatic carbocycles. The highest BCUT2D eigenvalue weighted by molar-refractivity contribution is 5.93. The first-order valence-corrected chi connectivity index (χ1v) is 6.73. The van der Waals surface area contributed by atoms with Gasteiger partial charge in [-0.3, -0.25) is 4.89 Å². The molecule has 0 bridgehead atoms. The maximum atomic E-state index is 12.1. The molecule has 0 spiro atoms. The third-order valence-corrected chi connectivity index (χ3v) is 3.07. The van der Waals surface area contributed by atoms with Crippen LogP contribution in [-0.4, -0.2) is 47.1 Å². The molecular weight excluding hydrogens is 292 g/mol. The van der Waals surface area contributed by atoms with Crippen molar-refractivity contribution in [1.82, 2.24) is 0 Å². The van der Waals surface area contributed by atoms with Crippen LogP contribution in [0.3, 0.4) is 0 Å². The van der Waals surface area contributed by atoms with Gasteiger partial charge in [-0.05, 0) is 6.92 Å². The summed E-state index contributed by atoms with van der Waals surface area (Å²) in [6, 6.07) is 3.02. The van der Waals surface area contributed by atoms with E-state index in [0.717, 1.165) is 0 Å². The first kappa shape index (κ1) is 18.1. The number of carbonyl (C=O) groups excluding carboxylic acids is 1. The molecule has 124 valence electrons. The summed E-state index contributed by atoms with van der Waals surface area (Å²) in [5, 5.41) is 0. The van der Waals surface area contributed by atoms with Gasteiger partial charge in [0.2, 0.25) is 0 Å². The predicted octanol–water partition coefficient (Wildman–Crippen LogP) is 2.23. The van der Waals surface area contributed by atoms with Crippen molar-refractivity contribution in [3.63, 3.8) is 0 Å². The van der Waals surface area contributed by atoms with Gasteiger partial charge in [-0.15, -0.1) is 0 Å². The fourth-order valence-electron chi connectivity index (χ4n) is 1.66. The molecule has 22 heavy (non-hydrogen) atoms. The molecule has 0 saturated carbocycles. The number of hydrogen-bond donors (Lipinski definition) is 0. The van der Waals surface area contributed by atoms with E-state index in [4.69, 9.17) is 28.7 Å². The summed E-state index contributed by atoms with van der Waals surface area (Å²) in [6.07, 6.45) is 0.627. The molecule has 0 aliphatic rings. The van der Waals surface area contributed by atoms with Crippen LogP contribution in [0, 0.1) is 0 Å². The largest absolute Gasteiger partial charge is 0.496 e. The lowest BCUT2D eigenvalue weighted by atomic mass is 10.1. The topological polar surface area (TPSA) is 72.5 Å². The van der Waals surface area contributed by atoms with Crippen LogP contribution in [0.2, 0.25) is 0 Å². The summed E-state index contributed by atoms with van der Waals surface area (Å²) in [6.45, 7) is 2.12. The Balaban J connectivity index is 2.75. The molecule has 0 aromatic heterocycles. The van der Waals surface area contributed by atoms with Gasteiger partial charge in [-0.2, -0.15) is 4.89 Å². The van der Waals surface area contributed by atoms with Crippen molar-refractivity contribution >= 4 is 5.97 Å². The monoisotopic (exact) mass is 314 g/mol. The highest BCUT2D eigenvalue weighted by Gasteiger charge is 2.20. The zero-order valence-electron chi connectivity index (χ0n) is 13.5. The maximum Gasteiger partial charge on any atom is 0.376 e. The molecule has 0 radical (unpaired) electrons. The molecule has 1 atom stereocenters. The lowest BCUT2D eigenvalue weighted by molar-refractivity contribution is -0.244. The summed E-state index contributed by atoms with van der Waals surface area (Å²) >= 11 is 0. The Morgan fingerprint density at radius 1 is 1.00 bits per heavy atom. The second kappa shape index (κ2) is 9.11. The first-order valence-electron chi connectivity index (χ1n) is 6.73. The van der Waals surface area contributed by atoms with Gasteiger partial charge >= 0.3 is 5.97 Å². The molecule has 7 heteroatoms. The molecule has 1 aromatic carbocycles. The lowest BCUT2D eigenvalue weighted by Crippen LogP contribution is -2.13. The van der Waals surface area contributed by atoms with Crippen LogP contribution in [0.25, 0.3) is 0 Å². The lowest BCUT2D eigenvalue weighted by Gasteiger charge is -2.13. The zero-order chi connectivity index (χ0) is 16.5. The number of carbonyl (C=O) groups is 1. The Bertz CT molecular complexity index is 487. The Morgan fingerprint density at radius 2 is 1.59 bits per heavy atom. The highest BCUT2D eigenvalue weighted by Crippen LogP contribution is 2.34. The Morgan fingerprint density at radius 3 is 2.14 bits per heavy atom. The minimum absolute atomic E-state index is 0.0225. The van der Waals surface area contributed by atoms with Crippen LogP contribution in [0.1, 0.15) is 23.7 Å². The van der Waals surface area contributed by atoms with Crippen molar-refractivity contribution in [2.45, 2.75) is 19.4 Å². The Kier molecular flexibility index (Phi) is 7.48. The summed E-state index contributed by atoms with van der Waals surface area (Å²) in [4.78, 5) is 21.7. The molecule has 0 aliphatic heterocycles. The van der Waals surface area contributed by atoms with E-state index in [2.05, 4.69) is 0 Å². The van der Waals surface area contributed by atoms with E-state index < -0.39 is 5.97 Å². The van der Waals surface area contributed by atoms with Crippen LogP contribution in [0.4, 0.5) is 0 Å². The van der Waals surface area contributed by atoms with Gasteiger partial charge in [0.25, 0.3) is 0 Å². The molecule has 0 saturated heterocycles. The minimum atomic E-state index is -0.678. The quantitative estimate of drug-likeness (QED) is 0.393. The van der Waals surface area contributed by atoms with Crippen molar-refractivity contribution in [2.24, 2.45) is 0 Å². The number of rotatable bonds is 9. The van der Waals surface area contributed by atoms with Gasteiger partial charge in [0.1, 0.15) is 11.3 Å². The summed E-state index contributed by atoms with van der Waals surface area (Å²) in [7, 11) is 6.02. The van der Waals surface area contributed by atoms with Gasteiger partial charge < -0.3 is 18.9 Å². The molecule has 1 aromatic rings. The minimum Gasteiger partial charge on any atom is -0.496 e. The van der Waals surface area contributed by atoms with Crippen molar-refractivity contribution in [2.75, 3.05) is 35.0 Å². The molecule has 1 unspecified atom stereocenters. The molecule has 0 N–H and O–H groups in total. The second-order valence-electron chi connectivity index (χ2n) is 4.44. The molecule has 0 amide bonds. The van der Waals surface area contributed by atoms with E-state index in [1.54, 1.807) is 13.2 Å². The first-order chi connectivity index (χ1) is 10.6. The van der Waals surface area contributed by atoms with Gasteiger partial charge in [0.15, 0.2) is 11.5 Å². The van der Waals surface area contributed by atoms with Crippen LogP contribution < -0.4 is 14.2 Å². The van der Waals surface area contributed by atoms with Crippen molar-refractivity contribution < 1.29 is 33.5 Å². The number of methoxy groups -OCH3 is 4. The Hall–Kier alpha value is -1.99. The summed E-state index contributed by atoms with van der Waals surface area (Å²) in [5.41, 5.74) is 0.180. The molecule has 0 fully saturated rings. The van der Waals surface area contributed by atoms with E-state index in [-0.39, 0.29) is 18.3 Å². The van der Waals surface area contributed by atoms with Crippen LogP contribution in [-0.2, 0) is 14.5 Å². The normalized spacial score (nSPS) is 11.7. The molecule has 0 heterocycles. The fraction of sp³-hybridized carbons (Fsp3) is 0.533. The Labute approximate surface area is 129 Å². The molecule has 7 nitrogen and oxygen atoms in total. The second-order valence-corrected chi connectivity index (χ2v) is 4.44. The molecular formula is C15H22O7. The van der Waals surface area contributed by atoms with Gasteiger partial charge in [0.05, 0.1) is 34.0 Å². The average molecular weight is 314 g/mol. The van der Waals surface area contributed by atoms with Gasteiger partial charge in [-0.1, -0.05) is 0 Å². The summed E-state index contributed by atoms with van der Waals surface area (Å²) in [5.74, 6) is 0.466. The highest BCUT2D eigenvalue weighted by atomic mass is 17.2. The number of hydrogen-bond acceptors (Lipinski definition) is 7. The van der Waals surface area contributed by atoms with E-state index in [1.807, 2.05) is 6.92 Å². The van der Waals surface area contributed by atoms with Crippen LogP contribution >= 0.6 is 0 Å². The summed E-state index contributed by atoms with van der Waals surface area (Å²) < 4.78 is 20.5. The standard InChI is InChI=1S/C15H22O7/c1-10(17-2)6-7-21-22-15(16)11-8-13(19-4)14(20-5)9-12(11)18-3/h8-10H,6-7H2,1-5H3. The maximum absolute atomic E-state index is 12.1. The SMILES string of the molecule is COc1cc(OC)c(C(=O)OOCCC(C)OC)cc1OC. The van der Waals surface area contributed by atoms with Gasteiger partial charge in [-0.25, -0.2) is 4.79 Å². The van der Waals surface area contributed by atoms with Crippen molar-refractivity contribution in [1.29, 1.82) is 0 Å². The van der Waals surface area contributed by atoms with E-state index in [0.29, 0.717) is 23.7 Å². The van der Waals surface area contributed by atoms with E-state index in [9.17, 15) is 4.79 Å². The van der Waals surface area contributed by atoms with Crippen molar-refractivity contribution in [3.8, 4) is 17.2 Å². The third kappa shape index (κ3) is 4.78. The smallest absolute Gasteiger partial charge is 0.376 e.